The standard InChI is InChI=1S/C20H31N3O/c24-4-3-22(12-19-11-21-14-23(19)18-1-2-18)13-20-8-15-5-16(9-20)7-17(6-15)10-20/h11,14-18,24H,1-10,12-13H2. The summed E-state index contributed by atoms with van der Waals surface area (Å²) in [6, 6.07) is 0.693. The van der Waals surface area contributed by atoms with E-state index < -0.39 is 0 Å². The molecule has 1 heterocycles. The highest BCUT2D eigenvalue weighted by molar-refractivity contribution is 5.06. The summed E-state index contributed by atoms with van der Waals surface area (Å²) in [5, 5.41) is 9.60. The third-order valence-corrected chi connectivity index (χ3v) is 7.21. The zero-order chi connectivity index (χ0) is 16.1. The number of hydrogen-bond acceptors (Lipinski definition) is 3. The van der Waals surface area contributed by atoms with Crippen LogP contribution in [0.4, 0.5) is 0 Å². The van der Waals surface area contributed by atoms with E-state index in [1.54, 1.807) is 0 Å². The largest absolute Gasteiger partial charge is 0.395 e. The van der Waals surface area contributed by atoms with Crippen molar-refractivity contribution in [2.24, 2.45) is 23.2 Å². The first-order valence-corrected chi connectivity index (χ1v) is 10.1. The predicted octanol–water partition coefficient (Wildman–Crippen LogP) is 3.23. The molecule has 132 valence electrons. The molecule has 1 N–H and O–H groups in total. The molecule has 5 aliphatic carbocycles. The molecule has 0 atom stereocenters. The lowest BCUT2D eigenvalue weighted by molar-refractivity contribution is -0.0716. The van der Waals surface area contributed by atoms with E-state index in [0.717, 1.165) is 30.8 Å². The molecule has 1 aromatic heterocycles. The second-order valence-corrected chi connectivity index (χ2v) is 9.38. The van der Waals surface area contributed by atoms with Gasteiger partial charge in [0.2, 0.25) is 0 Å². The summed E-state index contributed by atoms with van der Waals surface area (Å²) in [5.74, 6) is 3.01. The van der Waals surface area contributed by atoms with Crippen LogP contribution in [0.25, 0.3) is 0 Å². The average Bonchev–Trinajstić information content (AvgIpc) is 3.26. The van der Waals surface area contributed by atoms with Gasteiger partial charge in [0.1, 0.15) is 0 Å². The van der Waals surface area contributed by atoms with Gasteiger partial charge in [-0.3, -0.25) is 4.90 Å². The van der Waals surface area contributed by atoms with Gasteiger partial charge < -0.3 is 9.67 Å². The molecule has 0 spiro atoms. The van der Waals surface area contributed by atoms with Gasteiger partial charge >= 0.3 is 0 Å². The van der Waals surface area contributed by atoms with Crippen molar-refractivity contribution in [3.8, 4) is 0 Å². The maximum absolute atomic E-state index is 9.60. The normalized spacial score (nSPS) is 37.5. The average molecular weight is 329 g/mol. The van der Waals surface area contributed by atoms with E-state index in [9.17, 15) is 5.11 Å². The fourth-order valence-electron chi connectivity index (χ4n) is 6.68. The molecule has 5 fully saturated rings. The number of aromatic nitrogens is 2. The Bertz CT molecular complexity index is 556. The molecule has 4 bridgehead atoms. The van der Waals surface area contributed by atoms with Gasteiger partial charge in [-0.25, -0.2) is 4.98 Å². The number of aliphatic hydroxyl groups excluding tert-OH is 1. The molecular formula is C20H31N3O. The van der Waals surface area contributed by atoms with Crippen LogP contribution in [0.1, 0.15) is 63.1 Å². The van der Waals surface area contributed by atoms with Crippen molar-refractivity contribution in [1.29, 1.82) is 0 Å². The third kappa shape index (κ3) is 2.82. The molecular weight excluding hydrogens is 298 g/mol. The summed E-state index contributed by atoms with van der Waals surface area (Å²) in [6.45, 7) is 3.22. The summed E-state index contributed by atoms with van der Waals surface area (Å²) in [5.41, 5.74) is 1.89. The molecule has 0 unspecified atom stereocenters. The van der Waals surface area contributed by atoms with Crippen LogP contribution < -0.4 is 0 Å². The Labute approximate surface area is 145 Å². The van der Waals surface area contributed by atoms with Crippen LogP contribution in [-0.2, 0) is 6.54 Å². The van der Waals surface area contributed by atoms with Crippen LogP contribution in [0.3, 0.4) is 0 Å². The molecule has 0 aromatic carbocycles. The first kappa shape index (κ1) is 15.4. The van der Waals surface area contributed by atoms with Gasteiger partial charge in [0, 0.05) is 31.9 Å². The number of imidazole rings is 1. The second-order valence-electron chi connectivity index (χ2n) is 9.38. The summed E-state index contributed by atoms with van der Waals surface area (Å²) >= 11 is 0. The van der Waals surface area contributed by atoms with Crippen molar-refractivity contribution in [1.82, 2.24) is 14.5 Å². The van der Waals surface area contributed by atoms with E-state index in [4.69, 9.17) is 0 Å². The van der Waals surface area contributed by atoms with Gasteiger partial charge in [-0.05, 0) is 74.5 Å². The molecule has 4 heteroatoms. The molecule has 1 aromatic rings. The predicted molar refractivity (Wildman–Crippen MR) is 93.5 cm³/mol. The first-order chi connectivity index (χ1) is 11.7. The topological polar surface area (TPSA) is 41.3 Å². The van der Waals surface area contributed by atoms with Crippen LogP contribution in [-0.4, -0.2) is 39.3 Å². The smallest absolute Gasteiger partial charge is 0.0951 e. The van der Waals surface area contributed by atoms with Crippen LogP contribution >= 0.6 is 0 Å². The monoisotopic (exact) mass is 329 g/mol. The molecule has 0 saturated heterocycles. The number of nitrogens with zero attached hydrogens (tertiary/aromatic N) is 3. The molecule has 4 nitrogen and oxygen atoms in total. The number of aliphatic hydroxyl groups is 1. The summed E-state index contributed by atoms with van der Waals surface area (Å²) in [4.78, 5) is 6.93. The highest BCUT2D eigenvalue weighted by Crippen LogP contribution is 2.60. The Morgan fingerprint density at radius 2 is 1.79 bits per heavy atom. The lowest BCUT2D eigenvalue weighted by Gasteiger charge is -2.58. The van der Waals surface area contributed by atoms with Crippen LogP contribution in [0.2, 0.25) is 0 Å². The van der Waals surface area contributed by atoms with Crippen molar-refractivity contribution in [3.05, 3.63) is 18.2 Å². The molecule has 24 heavy (non-hydrogen) atoms. The van der Waals surface area contributed by atoms with Gasteiger partial charge in [0.05, 0.1) is 18.6 Å². The fraction of sp³-hybridized carbons (Fsp3) is 0.850. The Hall–Kier alpha value is -0.870. The zero-order valence-corrected chi connectivity index (χ0v) is 14.7. The molecule has 5 saturated carbocycles. The molecule has 6 rings (SSSR count). The van der Waals surface area contributed by atoms with Gasteiger partial charge in [0.25, 0.3) is 0 Å². The van der Waals surface area contributed by atoms with E-state index in [2.05, 4.69) is 14.5 Å². The van der Waals surface area contributed by atoms with Gasteiger partial charge in [-0.1, -0.05) is 0 Å². The van der Waals surface area contributed by atoms with Crippen molar-refractivity contribution in [3.63, 3.8) is 0 Å². The van der Waals surface area contributed by atoms with Crippen molar-refractivity contribution in [2.45, 2.75) is 64.0 Å². The van der Waals surface area contributed by atoms with Gasteiger partial charge in [-0.15, -0.1) is 0 Å². The molecule has 0 radical (unpaired) electrons. The van der Waals surface area contributed by atoms with Crippen molar-refractivity contribution in [2.75, 3.05) is 19.7 Å². The van der Waals surface area contributed by atoms with Crippen LogP contribution in [0.5, 0.6) is 0 Å². The van der Waals surface area contributed by atoms with Crippen LogP contribution in [0.15, 0.2) is 12.5 Å². The summed E-state index contributed by atoms with van der Waals surface area (Å²) < 4.78 is 2.38. The Morgan fingerprint density at radius 1 is 1.12 bits per heavy atom. The fourth-order valence-corrected chi connectivity index (χ4v) is 6.68. The highest BCUT2D eigenvalue weighted by Gasteiger charge is 2.51. The lowest BCUT2D eigenvalue weighted by Crippen LogP contribution is -2.51. The Kier molecular flexibility index (Phi) is 3.75. The minimum atomic E-state index is 0.268. The van der Waals surface area contributed by atoms with E-state index in [0.29, 0.717) is 11.5 Å². The zero-order valence-electron chi connectivity index (χ0n) is 14.7. The maximum atomic E-state index is 9.60. The molecule has 0 aliphatic heterocycles. The maximum Gasteiger partial charge on any atom is 0.0951 e. The highest BCUT2D eigenvalue weighted by atomic mass is 16.3. The van der Waals surface area contributed by atoms with E-state index >= 15 is 0 Å². The Balaban J connectivity index is 1.32. The first-order valence-electron chi connectivity index (χ1n) is 10.1. The van der Waals surface area contributed by atoms with Crippen molar-refractivity contribution < 1.29 is 5.11 Å². The third-order valence-electron chi connectivity index (χ3n) is 7.21. The van der Waals surface area contributed by atoms with E-state index in [-0.39, 0.29) is 6.61 Å². The van der Waals surface area contributed by atoms with E-state index in [1.807, 2.05) is 12.5 Å². The number of hydrogen-bond donors (Lipinski definition) is 1. The van der Waals surface area contributed by atoms with Crippen LogP contribution in [0, 0.1) is 23.2 Å². The summed E-state index contributed by atoms with van der Waals surface area (Å²) in [6.07, 6.45) is 15.5. The lowest BCUT2D eigenvalue weighted by atomic mass is 9.49. The number of rotatable bonds is 7. The second kappa shape index (κ2) is 5.84. The summed E-state index contributed by atoms with van der Waals surface area (Å²) in [7, 11) is 0. The van der Waals surface area contributed by atoms with Gasteiger partial charge in [0.15, 0.2) is 0 Å². The minimum absolute atomic E-state index is 0.268. The van der Waals surface area contributed by atoms with Crippen molar-refractivity contribution >= 4 is 0 Å². The molecule has 0 amide bonds. The quantitative estimate of drug-likeness (QED) is 0.835. The minimum Gasteiger partial charge on any atom is -0.395 e. The van der Waals surface area contributed by atoms with E-state index in [1.165, 1.54) is 63.6 Å². The molecule has 5 aliphatic rings. The van der Waals surface area contributed by atoms with Gasteiger partial charge in [-0.2, -0.15) is 0 Å². The SMILES string of the molecule is OCCN(Cc1cncn1C1CC1)CC12CC3CC(CC(C3)C1)C2. The Morgan fingerprint density at radius 3 is 2.38 bits per heavy atom.